The number of benzene rings is 1. The van der Waals surface area contributed by atoms with Gasteiger partial charge in [-0.05, 0) is 43.2 Å². The Kier molecular flexibility index (Phi) is 5.86. The number of carbonyl (C=O) groups excluding carboxylic acids is 2. The molecule has 6 rings (SSSR count). The van der Waals surface area contributed by atoms with Crippen LogP contribution in [0.25, 0.3) is 21.1 Å². The quantitative estimate of drug-likeness (QED) is 0.391. The zero-order valence-corrected chi connectivity index (χ0v) is 19.6. The summed E-state index contributed by atoms with van der Waals surface area (Å²) in [6.07, 6.45) is 7.72. The maximum atomic E-state index is 12.9. The van der Waals surface area contributed by atoms with Crippen molar-refractivity contribution in [3.8, 4) is 21.1 Å². The molecule has 33 heavy (non-hydrogen) atoms. The molecule has 0 saturated heterocycles. The number of carbonyl (C=O) groups is 2. The van der Waals surface area contributed by atoms with Gasteiger partial charge >= 0.3 is 6.03 Å². The van der Waals surface area contributed by atoms with Crippen LogP contribution in [0.2, 0.25) is 0 Å². The summed E-state index contributed by atoms with van der Waals surface area (Å²) >= 11 is 2.73. The second-order valence-corrected chi connectivity index (χ2v) is 10.1. The molecular formula is C23H24N6O2S2. The minimum atomic E-state index is -0.355. The van der Waals surface area contributed by atoms with Crippen LogP contribution in [0.1, 0.15) is 19.3 Å². The molecule has 1 fully saturated rings. The van der Waals surface area contributed by atoms with Crippen LogP contribution in [0.5, 0.6) is 0 Å². The zero-order chi connectivity index (χ0) is 22.9. The number of amides is 3. The van der Waals surface area contributed by atoms with Gasteiger partial charge in [0.05, 0.1) is 5.69 Å². The average molecular weight is 481 g/mol. The SMILES string of the molecule is CNC(=O)Nc1nc(N)c(-c2nc(-c3cccc(NC(=O)C4CC5C=CC4CC5)c3)cs2)s1. The topological polar surface area (TPSA) is 122 Å². The highest BCUT2D eigenvalue weighted by Crippen LogP contribution is 2.41. The Bertz CT molecular complexity index is 1230. The highest BCUT2D eigenvalue weighted by molar-refractivity contribution is 7.23. The molecule has 3 aromatic rings. The summed E-state index contributed by atoms with van der Waals surface area (Å²) in [5, 5.41) is 11.3. The minimum absolute atomic E-state index is 0.0511. The van der Waals surface area contributed by atoms with Gasteiger partial charge in [0.25, 0.3) is 0 Å². The predicted octanol–water partition coefficient (Wildman–Crippen LogP) is 4.81. The van der Waals surface area contributed by atoms with Crippen LogP contribution in [-0.2, 0) is 4.79 Å². The third-order valence-electron chi connectivity index (χ3n) is 6.14. The molecule has 170 valence electrons. The molecule has 3 aliphatic rings. The number of anilines is 3. The van der Waals surface area contributed by atoms with Gasteiger partial charge in [-0.3, -0.25) is 10.1 Å². The van der Waals surface area contributed by atoms with Crippen molar-refractivity contribution in [3.05, 3.63) is 41.8 Å². The number of hydrogen-bond donors (Lipinski definition) is 4. The van der Waals surface area contributed by atoms with E-state index in [1.54, 1.807) is 0 Å². The molecule has 3 amide bonds. The largest absolute Gasteiger partial charge is 0.382 e. The molecule has 8 nitrogen and oxygen atoms in total. The third kappa shape index (κ3) is 4.49. The van der Waals surface area contributed by atoms with Gasteiger partial charge in [0.2, 0.25) is 5.91 Å². The lowest BCUT2D eigenvalue weighted by atomic mass is 9.69. The Morgan fingerprint density at radius 3 is 2.76 bits per heavy atom. The first-order valence-electron chi connectivity index (χ1n) is 10.8. The average Bonchev–Trinajstić information content (AvgIpc) is 3.46. The molecule has 3 aliphatic carbocycles. The fraction of sp³-hybridized carbons (Fsp3) is 0.304. The number of allylic oxidation sites excluding steroid dienone is 2. The lowest BCUT2D eigenvalue weighted by molar-refractivity contribution is -0.122. The fourth-order valence-electron chi connectivity index (χ4n) is 4.43. The van der Waals surface area contributed by atoms with E-state index in [1.165, 1.54) is 36.1 Å². The van der Waals surface area contributed by atoms with Gasteiger partial charge in [0.15, 0.2) is 5.13 Å². The Hall–Kier alpha value is -3.24. The summed E-state index contributed by atoms with van der Waals surface area (Å²) in [6, 6.07) is 7.38. The monoisotopic (exact) mass is 480 g/mol. The number of thiazole rings is 2. The number of nitrogens with zero attached hydrogens (tertiary/aromatic N) is 2. The standard InChI is InChI=1S/C23H24N6O2S2/c1-25-22(31)29-23-28-19(24)18(33-23)21-27-17(11-32-21)14-3-2-4-15(10-14)26-20(30)16-9-12-5-7-13(16)8-6-12/h2-5,7,10-13,16H,6,8-9,24H2,1H3,(H,26,30)(H2,25,28,29,31). The molecule has 10 heteroatoms. The Morgan fingerprint density at radius 1 is 1.15 bits per heavy atom. The van der Waals surface area contributed by atoms with Crippen LogP contribution >= 0.6 is 22.7 Å². The summed E-state index contributed by atoms with van der Waals surface area (Å²) in [6.45, 7) is 0. The van der Waals surface area contributed by atoms with E-state index in [-0.39, 0.29) is 17.9 Å². The summed E-state index contributed by atoms with van der Waals surface area (Å²) in [5.41, 5.74) is 8.53. The summed E-state index contributed by atoms with van der Waals surface area (Å²) < 4.78 is 0. The molecule has 2 aromatic heterocycles. The zero-order valence-electron chi connectivity index (χ0n) is 18.0. The van der Waals surface area contributed by atoms with Gasteiger partial charge in [-0.15, -0.1) is 11.3 Å². The van der Waals surface area contributed by atoms with Crippen LogP contribution < -0.4 is 21.7 Å². The van der Waals surface area contributed by atoms with Crippen LogP contribution in [0.15, 0.2) is 41.8 Å². The normalized spacial score (nSPS) is 21.1. The van der Waals surface area contributed by atoms with E-state index in [2.05, 4.69) is 33.1 Å². The summed E-state index contributed by atoms with van der Waals surface area (Å²) in [5.74, 6) is 1.36. The van der Waals surface area contributed by atoms with Crippen molar-refractivity contribution >= 4 is 51.2 Å². The maximum Gasteiger partial charge on any atom is 0.320 e. The van der Waals surface area contributed by atoms with Crippen molar-refractivity contribution in [2.75, 3.05) is 23.4 Å². The van der Waals surface area contributed by atoms with Crippen molar-refractivity contribution in [2.24, 2.45) is 17.8 Å². The van der Waals surface area contributed by atoms with E-state index < -0.39 is 0 Å². The number of nitrogens with one attached hydrogen (secondary N) is 3. The van der Waals surface area contributed by atoms with E-state index in [1.807, 2.05) is 29.6 Å². The number of nitrogen functional groups attached to an aromatic ring is 1. The van der Waals surface area contributed by atoms with Gasteiger partial charge in [-0.1, -0.05) is 35.6 Å². The lowest BCUT2D eigenvalue weighted by Gasteiger charge is -2.37. The van der Waals surface area contributed by atoms with Gasteiger partial charge in [-0.25, -0.2) is 14.8 Å². The van der Waals surface area contributed by atoms with Crippen LogP contribution in [0, 0.1) is 17.8 Å². The first-order chi connectivity index (χ1) is 16.0. The number of aromatic nitrogens is 2. The maximum absolute atomic E-state index is 12.9. The van der Waals surface area contributed by atoms with Crippen molar-refractivity contribution in [3.63, 3.8) is 0 Å². The first kappa shape index (κ1) is 21.6. The molecule has 1 aromatic carbocycles. The number of urea groups is 1. The Balaban J connectivity index is 1.31. The predicted molar refractivity (Wildman–Crippen MR) is 133 cm³/mol. The minimum Gasteiger partial charge on any atom is -0.382 e. The number of nitrogens with two attached hydrogens (primary N) is 1. The fourth-order valence-corrected chi connectivity index (χ4v) is 6.24. The van der Waals surface area contributed by atoms with E-state index in [4.69, 9.17) is 10.7 Å². The van der Waals surface area contributed by atoms with Gasteiger partial charge in [0.1, 0.15) is 15.7 Å². The summed E-state index contributed by atoms with van der Waals surface area (Å²) in [7, 11) is 1.53. The van der Waals surface area contributed by atoms with Gasteiger partial charge in [-0.2, -0.15) is 0 Å². The van der Waals surface area contributed by atoms with E-state index in [0.29, 0.717) is 27.7 Å². The molecule has 0 aliphatic heterocycles. The molecule has 2 bridgehead atoms. The first-order valence-corrected chi connectivity index (χ1v) is 12.5. The highest BCUT2D eigenvalue weighted by atomic mass is 32.1. The number of hydrogen-bond acceptors (Lipinski definition) is 7. The highest BCUT2D eigenvalue weighted by Gasteiger charge is 2.36. The molecule has 3 unspecified atom stereocenters. The third-order valence-corrected chi connectivity index (χ3v) is 8.12. The lowest BCUT2D eigenvalue weighted by Crippen LogP contribution is -2.36. The second-order valence-electron chi connectivity index (χ2n) is 8.27. The van der Waals surface area contributed by atoms with E-state index >= 15 is 0 Å². The van der Waals surface area contributed by atoms with Crippen LogP contribution in [0.3, 0.4) is 0 Å². The molecule has 3 atom stereocenters. The van der Waals surface area contributed by atoms with E-state index in [0.717, 1.165) is 34.8 Å². The molecule has 2 heterocycles. The van der Waals surface area contributed by atoms with Crippen molar-refractivity contribution in [1.82, 2.24) is 15.3 Å². The van der Waals surface area contributed by atoms with Gasteiger partial charge in [0, 0.05) is 29.6 Å². The van der Waals surface area contributed by atoms with Crippen molar-refractivity contribution in [2.45, 2.75) is 19.3 Å². The smallest absolute Gasteiger partial charge is 0.320 e. The molecule has 0 spiro atoms. The van der Waals surface area contributed by atoms with Crippen LogP contribution in [0.4, 0.5) is 21.4 Å². The molecule has 0 radical (unpaired) electrons. The molecule has 1 saturated carbocycles. The second kappa shape index (κ2) is 8.95. The van der Waals surface area contributed by atoms with E-state index in [9.17, 15) is 9.59 Å². The van der Waals surface area contributed by atoms with Crippen LogP contribution in [-0.4, -0.2) is 29.0 Å². The number of rotatable bonds is 5. The van der Waals surface area contributed by atoms with Gasteiger partial charge < -0.3 is 16.4 Å². The summed E-state index contributed by atoms with van der Waals surface area (Å²) in [4.78, 5) is 34.1. The molecule has 5 N–H and O–H groups in total. The van der Waals surface area contributed by atoms with Crippen molar-refractivity contribution < 1.29 is 9.59 Å². The Morgan fingerprint density at radius 2 is 2.03 bits per heavy atom. The van der Waals surface area contributed by atoms with Crippen molar-refractivity contribution in [1.29, 1.82) is 0 Å². The Labute approximate surface area is 199 Å². The molecular weight excluding hydrogens is 456 g/mol. The number of fused-ring (bicyclic) bond motifs is 2.